The molecule has 0 fully saturated rings. The van der Waals surface area contributed by atoms with Gasteiger partial charge in [0.15, 0.2) is 11.5 Å². The number of fused-ring (bicyclic) bond motifs is 1. The third kappa shape index (κ3) is 3.74. The van der Waals surface area contributed by atoms with E-state index in [1.54, 1.807) is 24.5 Å². The molecule has 1 atom stereocenters. The summed E-state index contributed by atoms with van der Waals surface area (Å²) in [7, 11) is 1.77. The van der Waals surface area contributed by atoms with Crippen LogP contribution < -0.4 is 14.8 Å². The van der Waals surface area contributed by atoms with Crippen molar-refractivity contribution >= 4 is 6.03 Å². The van der Waals surface area contributed by atoms with Gasteiger partial charge in [0.05, 0.1) is 6.33 Å². The van der Waals surface area contributed by atoms with Crippen LogP contribution in [0.1, 0.15) is 12.5 Å². The van der Waals surface area contributed by atoms with E-state index < -0.39 is 0 Å². The molecule has 122 valence electrons. The van der Waals surface area contributed by atoms with Crippen molar-refractivity contribution < 1.29 is 14.3 Å². The Bertz CT molecular complexity index is 672. The molecule has 0 unspecified atom stereocenters. The average molecular weight is 316 g/mol. The van der Waals surface area contributed by atoms with Gasteiger partial charge in [0.2, 0.25) is 6.79 Å². The van der Waals surface area contributed by atoms with E-state index in [-0.39, 0.29) is 18.9 Å². The Kier molecular flexibility index (Phi) is 4.36. The summed E-state index contributed by atoms with van der Waals surface area (Å²) in [6.07, 6.45) is 5.33. The first-order valence-corrected chi connectivity index (χ1v) is 7.47. The Morgan fingerprint density at radius 1 is 1.43 bits per heavy atom. The van der Waals surface area contributed by atoms with Crippen molar-refractivity contribution in [1.29, 1.82) is 0 Å². The number of urea groups is 1. The molecule has 23 heavy (non-hydrogen) atoms. The number of aromatic nitrogens is 2. The number of ether oxygens (including phenoxy) is 2. The summed E-state index contributed by atoms with van der Waals surface area (Å²) in [4.78, 5) is 17.9. The maximum Gasteiger partial charge on any atom is 0.317 e. The van der Waals surface area contributed by atoms with Gasteiger partial charge in [-0.1, -0.05) is 6.07 Å². The topological polar surface area (TPSA) is 68.6 Å². The molecule has 3 rings (SSSR count). The molecule has 7 heteroatoms. The lowest BCUT2D eigenvalue weighted by atomic mass is 10.2. The minimum absolute atomic E-state index is 0.0101. The van der Waals surface area contributed by atoms with Crippen LogP contribution in [0.5, 0.6) is 11.5 Å². The molecule has 7 nitrogen and oxygen atoms in total. The minimum atomic E-state index is -0.115. The van der Waals surface area contributed by atoms with Gasteiger partial charge in [-0.2, -0.15) is 0 Å². The largest absolute Gasteiger partial charge is 0.454 e. The van der Waals surface area contributed by atoms with E-state index in [4.69, 9.17) is 9.47 Å². The summed E-state index contributed by atoms with van der Waals surface area (Å²) in [6, 6.07) is 5.60. The van der Waals surface area contributed by atoms with Crippen LogP contribution in [-0.4, -0.2) is 40.4 Å². The SMILES string of the molecule is C[C@H](Cn1ccnc1)NC(=O)N(C)Cc1ccc2c(c1)OCO2. The molecule has 1 aliphatic heterocycles. The third-order valence-corrected chi connectivity index (χ3v) is 3.62. The first-order valence-electron chi connectivity index (χ1n) is 7.47. The predicted molar refractivity (Wildman–Crippen MR) is 84.3 cm³/mol. The van der Waals surface area contributed by atoms with E-state index in [0.717, 1.165) is 17.1 Å². The number of benzene rings is 1. The maximum atomic E-state index is 12.3. The second kappa shape index (κ2) is 6.60. The lowest BCUT2D eigenvalue weighted by Crippen LogP contribution is -2.43. The highest BCUT2D eigenvalue weighted by Crippen LogP contribution is 2.32. The Hall–Kier alpha value is -2.70. The second-order valence-corrected chi connectivity index (χ2v) is 5.65. The molecular weight excluding hydrogens is 296 g/mol. The molecule has 1 aliphatic rings. The van der Waals surface area contributed by atoms with Crippen molar-refractivity contribution in [2.75, 3.05) is 13.8 Å². The number of hydrogen-bond acceptors (Lipinski definition) is 4. The fourth-order valence-electron chi connectivity index (χ4n) is 2.46. The fraction of sp³-hybridized carbons (Fsp3) is 0.375. The molecule has 1 N–H and O–H groups in total. The molecule has 0 aliphatic carbocycles. The van der Waals surface area contributed by atoms with Crippen molar-refractivity contribution in [3.8, 4) is 11.5 Å². The van der Waals surface area contributed by atoms with Crippen LogP contribution >= 0.6 is 0 Å². The number of hydrogen-bond donors (Lipinski definition) is 1. The number of rotatable bonds is 5. The van der Waals surface area contributed by atoms with Crippen LogP contribution in [0, 0.1) is 0 Å². The smallest absolute Gasteiger partial charge is 0.317 e. The summed E-state index contributed by atoms with van der Waals surface area (Å²) >= 11 is 0. The number of nitrogens with one attached hydrogen (secondary N) is 1. The van der Waals surface area contributed by atoms with Crippen LogP contribution in [0.4, 0.5) is 4.79 Å². The lowest BCUT2D eigenvalue weighted by molar-refractivity contribution is 0.174. The van der Waals surface area contributed by atoms with Gasteiger partial charge in [-0.3, -0.25) is 0 Å². The van der Waals surface area contributed by atoms with E-state index >= 15 is 0 Å². The van der Waals surface area contributed by atoms with E-state index in [1.807, 2.05) is 35.9 Å². The highest BCUT2D eigenvalue weighted by atomic mass is 16.7. The number of nitrogens with zero attached hydrogens (tertiary/aromatic N) is 3. The second-order valence-electron chi connectivity index (χ2n) is 5.65. The molecule has 0 bridgehead atoms. The summed E-state index contributed by atoms with van der Waals surface area (Å²) in [5.74, 6) is 1.47. The van der Waals surface area contributed by atoms with Crippen LogP contribution in [0.25, 0.3) is 0 Å². The Balaban J connectivity index is 1.53. The van der Waals surface area contributed by atoms with Crippen molar-refractivity contribution in [3.05, 3.63) is 42.5 Å². The number of carbonyl (C=O) groups is 1. The minimum Gasteiger partial charge on any atom is -0.454 e. The number of carbonyl (C=O) groups excluding carboxylic acids is 1. The zero-order valence-electron chi connectivity index (χ0n) is 13.2. The van der Waals surface area contributed by atoms with Gasteiger partial charge in [-0.05, 0) is 24.6 Å². The molecular formula is C16H20N4O3. The summed E-state index contributed by atoms with van der Waals surface area (Å²) < 4.78 is 12.6. The van der Waals surface area contributed by atoms with Gasteiger partial charge >= 0.3 is 6.03 Å². The Morgan fingerprint density at radius 3 is 3.04 bits per heavy atom. The summed E-state index contributed by atoms with van der Waals surface area (Å²) in [6.45, 7) is 3.40. The van der Waals surface area contributed by atoms with Gasteiger partial charge in [-0.15, -0.1) is 0 Å². The summed E-state index contributed by atoms with van der Waals surface area (Å²) in [5, 5.41) is 2.97. The number of amides is 2. The zero-order valence-corrected chi connectivity index (χ0v) is 13.2. The fourth-order valence-corrected chi connectivity index (χ4v) is 2.46. The lowest BCUT2D eigenvalue weighted by Gasteiger charge is -2.21. The van der Waals surface area contributed by atoms with Gasteiger partial charge < -0.3 is 24.3 Å². The Morgan fingerprint density at radius 2 is 2.26 bits per heavy atom. The molecule has 2 aromatic rings. The van der Waals surface area contributed by atoms with Gasteiger partial charge in [0.25, 0.3) is 0 Å². The quantitative estimate of drug-likeness (QED) is 0.914. The average Bonchev–Trinajstić information content (AvgIpc) is 3.17. The monoisotopic (exact) mass is 316 g/mol. The van der Waals surface area contributed by atoms with E-state index in [2.05, 4.69) is 10.3 Å². The van der Waals surface area contributed by atoms with Gasteiger partial charge in [0, 0.05) is 38.6 Å². The standard InChI is InChI=1S/C16H20N4O3/c1-12(8-20-6-5-17-10-20)18-16(21)19(2)9-13-3-4-14-15(7-13)23-11-22-14/h3-7,10,12H,8-9,11H2,1-2H3,(H,18,21)/t12-/m1/s1. The van der Waals surface area contributed by atoms with E-state index in [9.17, 15) is 4.79 Å². The van der Waals surface area contributed by atoms with Crippen LogP contribution in [0.2, 0.25) is 0 Å². The molecule has 1 aromatic heterocycles. The third-order valence-electron chi connectivity index (χ3n) is 3.62. The van der Waals surface area contributed by atoms with Gasteiger partial charge in [0.1, 0.15) is 0 Å². The molecule has 0 spiro atoms. The normalized spacial score (nSPS) is 13.7. The first-order chi connectivity index (χ1) is 11.1. The van der Waals surface area contributed by atoms with E-state index in [1.165, 1.54) is 0 Å². The molecule has 2 heterocycles. The van der Waals surface area contributed by atoms with Crippen molar-refractivity contribution in [1.82, 2.24) is 19.8 Å². The van der Waals surface area contributed by atoms with Crippen LogP contribution in [-0.2, 0) is 13.1 Å². The number of imidazole rings is 1. The zero-order chi connectivity index (χ0) is 16.2. The summed E-state index contributed by atoms with van der Waals surface area (Å²) in [5.41, 5.74) is 0.995. The van der Waals surface area contributed by atoms with Crippen molar-refractivity contribution in [2.45, 2.75) is 26.1 Å². The highest BCUT2D eigenvalue weighted by Gasteiger charge is 2.16. The van der Waals surface area contributed by atoms with Crippen molar-refractivity contribution in [3.63, 3.8) is 0 Å². The molecule has 0 saturated heterocycles. The van der Waals surface area contributed by atoms with Crippen LogP contribution in [0.15, 0.2) is 36.9 Å². The Labute approximate surface area is 134 Å². The molecule has 1 aromatic carbocycles. The predicted octanol–water partition coefficient (Wildman–Crippen LogP) is 1.84. The van der Waals surface area contributed by atoms with Crippen molar-refractivity contribution in [2.24, 2.45) is 0 Å². The van der Waals surface area contributed by atoms with Gasteiger partial charge in [-0.25, -0.2) is 9.78 Å². The molecule has 0 saturated carbocycles. The molecule has 0 radical (unpaired) electrons. The molecule has 2 amide bonds. The van der Waals surface area contributed by atoms with Crippen LogP contribution in [0.3, 0.4) is 0 Å². The highest BCUT2D eigenvalue weighted by molar-refractivity contribution is 5.74. The first kappa shape index (κ1) is 15.2. The van der Waals surface area contributed by atoms with E-state index in [0.29, 0.717) is 13.1 Å². The maximum absolute atomic E-state index is 12.3.